The molecule has 2 N–H and O–H groups in total. The van der Waals surface area contributed by atoms with E-state index in [2.05, 4.69) is 0 Å². The number of fused-ring (bicyclic) bond motifs is 2. The number of para-hydroxylation sites is 1. The van der Waals surface area contributed by atoms with Crippen molar-refractivity contribution in [2.45, 2.75) is 18.4 Å². The molecule has 0 aromatic heterocycles. The van der Waals surface area contributed by atoms with Crippen molar-refractivity contribution in [2.24, 2.45) is 5.73 Å². The molecule has 0 spiro atoms. The van der Waals surface area contributed by atoms with Gasteiger partial charge in [0.05, 0.1) is 11.5 Å². The van der Waals surface area contributed by atoms with Crippen LogP contribution in [0.3, 0.4) is 0 Å². The van der Waals surface area contributed by atoms with Crippen molar-refractivity contribution in [3.8, 4) is 0 Å². The molecule has 2 amide bonds. The zero-order valence-electron chi connectivity index (χ0n) is 13.3. The number of primary amides is 1. The molecule has 0 bridgehead atoms. The van der Waals surface area contributed by atoms with E-state index < -0.39 is 23.9 Å². The molecular formula is C19H16N2O4. The summed E-state index contributed by atoms with van der Waals surface area (Å²) in [6, 6.07) is 14.3. The SMILES string of the molecule is NC(=O)[C@H]1CN(C(=O)[C@H]2Cc3ccccc3C(=O)O2)c2ccccc21. The van der Waals surface area contributed by atoms with E-state index in [0.717, 1.165) is 11.1 Å². The minimum atomic E-state index is -0.901. The largest absolute Gasteiger partial charge is 0.448 e. The number of anilines is 1. The first-order valence-corrected chi connectivity index (χ1v) is 8.05. The van der Waals surface area contributed by atoms with Crippen LogP contribution < -0.4 is 10.6 Å². The Labute approximate surface area is 144 Å². The average Bonchev–Trinajstić information content (AvgIpc) is 3.01. The molecule has 0 unspecified atom stereocenters. The molecule has 2 aromatic rings. The molecule has 2 aliphatic rings. The fourth-order valence-corrected chi connectivity index (χ4v) is 3.50. The van der Waals surface area contributed by atoms with Gasteiger partial charge in [0.2, 0.25) is 5.91 Å². The summed E-state index contributed by atoms with van der Waals surface area (Å²) in [5, 5.41) is 0. The Morgan fingerprint density at radius 2 is 1.80 bits per heavy atom. The van der Waals surface area contributed by atoms with Crippen LogP contribution in [0.15, 0.2) is 48.5 Å². The number of carbonyl (C=O) groups excluding carboxylic acids is 3. The van der Waals surface area contributed by atoms with Crippen LogP contribution in [0.4, 0.5) is 5.69 Å². The third-order valence-electron chi connectivity index (χ3n) is 4.74. The third kappa shape index (κ3) is 2.46. The van der Waals surface area contributed by atoms with Crippen LogP contribution in [0.1, 0.15) is 27.4 Å². The minimum absolute atomic E-state index is 0.170. The summed E-state index contributed by atoms with van der Waals surface area (Å²) < 4.78 is 5.35. The lowest BCUT2D eigenvalue weighted by atomic mass is 9.98. The fraction of sp³-hybridized carbons (Fsp3) is 0.211. The summed E-state index contributed by atoms with van der Waals surface area (Å²) in [5.41, 5.74) is 8.13. The van der Waals surface area contributed by atoms with Crippen molar-refractivity contribution >= 4 is 23.5 Å². The van der Waals surface area contributed by atoms with Gasteiger partial charge in [-0.3, -0.25) is 9.59 Å². The van der Waals surface area contributed by atoms with E-state index in [4.69, 9.17) is 10.5 Å². The smallest absolute Gasteiger partial charge is 0.339 e. The van der Waals surface area contributed by atoms with E-state index >= 15 is 0 Å². The zero-order valence-corrected chi connectivity index (χ0v) is 13.3. The van der Waals surface area contributed by atoms with Gasteiger partial charge in [-0.05, 0) is 23.3 Å². The molecule has 2 heterocycles. The topological polar surface area (TPSA) is 89.7 Å². The number of amides is 2. The predicted molar refractivity (Wildman–Crippen MR) is 90.1 cm³/mol. The van der Waals surface area contributed by atoms with Crippen LogP contribution in [0, 0.1) is 0 Å². The first kappa shape index (κ1) is 15.4. The number of hydrogen-bond donors (Lipinski definition) is 1. The van der Waals surface area contributed by atoms with Crippen molar-refractivity contribution in [3.05, 3.63) is 65.2 Å². The van der Waals surface area contributed by atoms with E-state index in [1.165, 1.54) is 4.90 Å². The van der Waals surface area contributed by atoms with Crippen LogP contribution in [-0.4, -0.2) is 30.4 Å². The Balaban J connectivity index is 1.65. The van der Waals surface area contributed by atoms with Gasteiger partial charge in [-0.1, -0.05) is 36.4 Å². The molecule has 0 saturated heterocycles. The van der Waals surface area contributed by atoms with Gasteiger partial charge in [0, 0.05) is 18.7 Å². The molecule has 6 nitrogen and oxygen atoms in total. The van der Waals surface area contributed by atoms with Crippen molar-refractivity contribution in [3.63, 3.8) is 0 Å². The lowest BCUT2D eigenvalue weighted by Gasteiger charge is -2.28. The molecule has 4 rings (SSSR count). The second-order valence-electron chi connectivity index (χ2n) is 6.22. The van der Waals surface area contributed by atoms with Crippen LogP contribution in [0.25, 0.3) is 0 Å². The van der Waals surface area contributed by atoms with Gasteiger partial charge in [-0.25, -0.2) is 4.79 Å². The summed E-state index contributed by atoms with van der Waals surface area (Å²) >= 11 is 0. The Kier molecular flexibility index (Phi) is 3.53. The van der Waals surface area contributed by atoms with E-state index in [9.17, 15) is 14.4 Å². The number of nitrogens with zero attached hydrogens (tertiary/aromatic N) is 1. The molecule has 6 heteroatoms. The number of rotatable bonds is 2. The van der Waals surface area contributed by atoms with Gasteiger partial charge in [-0.2, -0.15) is 0 Å². The van der Waals surface area contributed by atoms with E-state index in [1.54, 1.807) is 36.4 Å². The van der Waals surface area contributed by atoms with Gasteiger partial charge >= 0.3 is 5.97 Å². The molecule has 25 heavy (non-hydrogen) atoms. The fourth-order valence-electron chi connectivity index (χ4n) is 3.50. The summed E-state index contributed by atoms with van der Waals surface area (Å²) in [6.45, 7) is 0.170. The van der Waals surface area contributed by atoms with Gasteiger partial charge < -0.3 is 15.4 Å². The van der Waals surface area contributed by atoms with Crippen molar-refractivity contribution in [1.29, 1.82) is 0 Å². The monoisotopic (exact) mass is 336 g/mol. The van der Waals surface area contributed by atoms with Gasteiger partial charge in [0.15, 0.2) is 6.10 Å². The Morgan fingerprint density at radius 3 is 2.60 bits per heavy atom. The minimum Gasteiger partial charge on any atom is -0.448 e. The van der Waals surface area contributed by atoms with Crippen LogP contribution in [-0.2, 0) is 20.7 Å². The average molecular weight is 336 g/mol. The highest BCUT2D eigenvalue weighted by Crippen LogP contribution is 2.37. The second-order valence-corrected chi connectivity index (χ2v) is 6.22. The molecule has 2 aliphatic heterocycles. The molecule has 2 atom stereocenters. The highest BCUT2D eigenvalue weighted by Gasteiger charge is 2.40. The summed E-state index contributed by atoms with van der Waals surface area (Å²) in [4.78, 5) is 38.4. The predicted octanol–water partition coefficient (Wildman–Crippen LogP) is 1.38. The van der Waals surface area contributed by atoms with Gasteiger partial charge in [0.1, 0.15) is 0 Å². The zero-order chi connectivity index (χ0) is 17.6. The van der Waals surface area contributed by atoms with Gasteiger partial charge in [-0.15, -0.1) is 0 Å². The molecule has 126 valence electrons. The van der Waals surface area contributed by atoms with Crippen LogP contribution >= 0.6 is 0 Å². The number of ether oxygens (including phenoxy) is 1. The molecule has 0 radical (unpaired) electrons. The molecule has 0 fully saturated rings. The number of benzene rings is 2. The maximum Gasteiger partial charge on any atom is 0.339 e. The normalized spacial score (nSPS) is 21.3. The number of nitrogens with two attached hydrogens (primary N) is 1. The van der Waals surface area contributed by atoms with Crippen LogP contribution in [0.5, 0.6) is 0 Å². The summed E-state index contributed by atoms with van der Waals surface area (Å²) in [6.07, 6.45) is -0.581. The highest BCUT2D eigenvalue weighted by atomic mass is 16.5. The highest BCUT2D eigenvalue weighted by molar-refractivity contribution is 6.04. The van der Waals surface area contributed by atoms with E-state index in [0.29, 0.717) is 17.7 Å². The first-order chi connectivity index (χ1) is 12.1. The Hall–Kier alpha value is -3.15. The second kappa shape index (κ2) is 5.73. The van der Waals surface area contributed by atoms with E-state index in [1.807, 2.05) is 12.1 Å². The van der Waals surface area contributed by atoms with Crippen LogP contribution in [0.2, 0.25) is 0 Å². The molecular weight excluding hydrogens is 320 g/mol. The maximum atomic E-state index is 13.0. The maximum absolute atomic E-state index is 13.0. The summed E-state index contributed by atoms with van der Waals surface area (Å²) in [5.74, 6) is -1.86. The molecule has 0 saturated carbocycles. The van der Waals surface area contributed by atoms with E-state index in [-0.39, 0.29) is 12.5 Å². The lowest BCUT2D eigenvalue weighted by Crippen LogP contribution is -2.44. The number of esters is 1. The molecule has 2 aromatic carbocycles. The standard InChI is InChI=1S/C19H16N2O4/c20-17(22)14-10-21(15-8-4-3-7-13(14)15)18(23)16-9-11-5-1-2-6-12(11)19(24)25-16/h1-8,14,16H,9-10H2,(H2,20,22)/t14-,16+/m0/s1. The first-order valence-electron chi connectivity index (χ1n) is 8.05. The Bertz CT molecular complexity index is 892. The van der Waals surface area contributed by atoms with Crippen molar-refractivity contribution < 1.29 is 19.1 Å². The lowest BCUT2D eigenvalue weighted by molar-refractivity contribution is -0.127. The van der Waals surface area contributed by atoms with Gasteiger partial charge in [0.25, 0.3) is 5.91 Å². The number of hydrogen-bond acceptors (Lipinski definition) is 4. The van der Waals surface area contributed by atoms with Crippen molar-refractivity contribution in [2.75, 3.05) is 11.4 Å². The quantitative estimate of drug-likeness (QED) is 0.839. The number of carbonyl (C=O) groups is 3. The third-order valence-corrected chi connectivity index (χ3v) is 4.74. The number of cyclic esters (lactones) is 1. The molecule has 0 aliphatic carbocycles. The Morgan fingerprint density at radius 1 is 1.08 bits per heavy atom. The summed E-state index contributed by atoms with van der Waals surface area (Å²) in [7, 11) is 0. The van der Waals surface area contributed by atoms with Crippen molar-refractivity contribution in [1.82, 2.24) is 0 Å².